The van der Waals surface area contributed by atoms with Gasteiger partial charge in [-0.2, -0.15) is 0 Å². The van der Waals surface area contributed by atoms with Gasteiger partial charge in [0.2, 0.25) is 5.91 Å². The first-order valence-electron chi connectivity index (χ1n) is 10.2. The molecular weight excluding hydrogens is 398 g/mol. The molecule has 1 unspecified atom stereocenters. The quantitative estimate of drug-likeness (QED) is 0.578. The lowest BCUT2D eigenvalue weighted by Crippen LogP contribution is -2.33. The van der Waals surface area contributed by atoms with Gasteiger partial charge in [0.1, 0.15) is 0 Å². The van der Waals surface area contributed by atoms with Crippen molar-refractivity contribution in [2.45, 2.75) is 45.9 Å². The molecule has 0 bridgehead atoms. The summed E-state index contributed by atoms with van der Waals surface area (Å²) in [4.78, 5) is 37.2. The molecule has 31 heavy (non-hydrogen) atoms. The average molecular weight is 425 g/mol. The van der Waals surface area contributed by atoms with Crippen LogP contribution in [0.4, 0.5) is 0 Å². The third kappa shape index (κ3) is 5.14. The Morgan fingerprint density at radius 1 is 1.06 bits per heavy atom. The molecule has 8 nitrogen and oxygen atoms in total. The molecule has 2 N–H and O–H groups in total. The van der Waals surface area contributed by atoms with Gasteiger partial charge in [-0.15, -0.1) is 0 Å². The lowest BCUT2D eigenvalue weighted by molar-refractivity contribution is -0.122. The number of H-pyrrole nitrogens is 1. The van der Waals surface area contributed by atoms with Gasteiger partial charge in [-0.05, 0) is 50.6 Å². The van der Waals surface area contributed by atoms with Crippen molar-refractivity contribution in [2.24, 2.45) is 0 Å². The molecule has 0 saturated heterocycles. The molecule has 0 radical (unpaired) electrons. The van der Waals surface area contributed by atoms with E-state index in [0.29, 0.717) is 22.3 Å². The Morgan fingerprint density at radius 2 is 1.77 bits per heavy atom. The van der Waals surface area contributed by atoms with Gasteiger partial charge in [-0.25, -0.2) is 4.68 Å². The number of carbonyl (C=O) groups excluding carboxylic acids is 1. The summed E-state index contributed by atoms with van der Waals surface area (Å²) in [6.07, 6.45) is 0.0614. The van der Waals surface area contributed by atoms with Crippen molar-refractivity contribution in [1.29, 1.82) is 0 Å². The monoisotopic (exact) mass is 425 g/mol. The Kier molecular flexibility index (Phi) is 6.79. The molecule has 8 heteroatoms. The number of aryl methyl sites for hydroxylation is 1. The fourth-order valence-corrected chi connectivity index (χ4v) is 3.32. The Morgan fingerprint density at radius 3 is 2.45 bits per heavy atom. The molecule has 1 aromatic heterocycles. The number of nitrogens with zero attached hydrogens (tertiary/aromatic N) is 1. The lowest BCUT2D eigenvalue weighted by atomic mass is 10.1. The van der Waals surface area contributed by atoms with Crippen LogP contribution in [-0.2, 0) is 11.3 Å². The maximum absolute atomic E-state index is 12.6. The number of nitrogens with one attached hydrogen (secondary N) is 2. The van der Waals surface area contributed by atoms with Crippen molar-refractivity contribution in [3.63, 3.8) is 0 Å². The number of hydrogen-bond donors (Lipinski definition) is 2. The fourth-order valence-electron chi connectivity index (χ4n) is 3.32. The van der Waals surface area contributed by atoms with Gasteiger partial charge in [0, 0.05) is 6.42 Å². The fraction of sp³-hybridized carbons (Fsp3) is 0.348. The number of amides is 1. The van der Waals surface area contributed by atoms with Crippen LogP contribution in [0.15, 0.2) is 52.1 Å². The van der Waals surface area contributed by atoms with Crippen LogP contribution in [0.1, 0.15) is 38.8 Å². The van der Waals surface area contributed by atoms with Crippen LogP contribution in [0, 0.1) is 0 Å². The van der Waals surface area contributed by atoms with Gasteiger partial charge in [0.05, 0.1) is 36.6 Å². The van der Waals surface area contributed by atoms with E-state index in [4.69, 9.17) is 9.47 Å². The maximum atomic E-state index is 12.6. The van der Waals surface area contributed by atoms with Crippen LogP contribution in [-0.4, -0.2) is 28.9 Å². The van der Waals surface area contributed by atoms with E-state index in [-0.39, 0.29) is 42.1 Å². The highest BCUT2D eigenvalue weighted by molar-refractivity contribution is 5.80. The van der Waals surface area contributed by atoms with Gasteiger partial charge in [-0.3, -0.25) is 19.5 Å². The normalized spacial score (nSPS) is 12.0. The highest BCUT2D eigenvalue weighted by Gasteiger charge is 2.14. The van der Waals surface area contributed by atoms with Crippen molar-refractivity contribution in [2.75, 3.05) is 7.11 Å². The molecule has 0 aliphatic rings. The first-order valence-corrected chi connectivity index (χ1v) is 10.2. The Hall–Kier alpha value is -3.55. The first kappa shape index (κ1) is 22.1. The Labute approximate surface area is 179 Å². The van der Waals surface area contributed by atoms with Crippen LogP contribution in [0.25, 0.3) is 10.8 Å². The molecule has 3 aromatic rings. The molecule has 1 atom stereocenters. The summed E-state index contributed by atoms with van der Waals surface area (Å²) < 4.78 is 12.3. The number of carbonyl (C=O) groups is 1. The van der Waals surface area contributed by atoms with Gasteiger partial charge in [0.25, 0.3) is 11.1 Å². The van der Waals surface area contributed by atoms with Crippen molar-refractivity contribution < 1.29 is 14.3 Å². The van der Waals surface area contributed by atoms with Gasteiger partial charge in [-0.1, -0.05) is 18.2 Å². The minimum atomic E-state index is -0.361. The van der Waals surface area contributed by atoms with Crippen molar-refractivity contribution in [3.05, 3.63) is 68.7 Å². The summed E-state index contributed by atoms with van der Waals surface area (Å²) in [6, 6.07) is 11.8. The highest BCUT2D eigenvalue weighted by Crippen LogP contribution is 2.31. The third-order valence-electron chi connectivity index (χ3n) is 4.87. The zero-order valence-corrected chi connectivity index (χ0v) is 18.1. The summed E-state index contributed by atoms with van der Waals surface area (Å²) in [5.74, 6) is 0.988. The minimum Gasteiger partial charge on any atom is -0.493 e. The molecule has 0 aliphatic heterocycles. The predicted molar refractivity (Wildman–Crippen MR) is 119 cm³/mol. The number of hydrogen-bond acceptors (Lipinski definition) is 5. The smallest absolute Gasteiger partial charge is 0.273 e. The van der Waals surface area contributed by atoms with E-state index < -0.39 is 0 Å². The summed E-state index contributed by atoms with van der Waals surface area (Å²) in [6.45, 7) is 5.80. The number of benzene rings is 2. The summed E-state index contributed by atoms with van der Waals surface area (Å²) in [5.41, 5.74) is 0.166. The molecular formula is C23H27N3O5. The predicted octanol–water partition coefficient (Wildman–Crippen LogP) is 2.75. The number of fused-ring (bicyclic) bond motifs is 1. The van der Waals surface area contributed by atoms with Crippen LogP contribution in [0.2, 0.25) is 0 Å². The largest absolute Gasteiger partial charge is 0.493 e. The number of aromatic nitrogens is 2. The van der Waals surface area contributed by atoms with Crippen LogP contribution >= 0.6 is 0 Å². The van der Waals surface area contributed by atoms with Gasteiger partial charge < -0.3 is 14.8 Å². The first-order chi connectivity index (χ1) is 14.8. The second-order valence-corrected chi connectivity index (χ2v) is 7.56. The van der Waals surface area contributed by atoms with Gasteiger partial charge >= 0.3 is 0 Å². The molecule has 0 spiro atoms. The molecule has 1 amide bonds. The van der Waals surface area contributed by atoms with E-state index in [2.05, 4.69) is 10.4 Å². The molecule has 3 rings (SSSR count). The second kappa shape index (κ2) is 9.51. The Balaban J connectivity index is 1.67. The standard InChI is InChI=1S/C23H27N3O5/c1-14(2)31-19-10-9-16(13-20(19)30-4)15(3)24-21(27)11-12-26-23(29)18-8-6-5-7-17(18)22(28)25-26/h5-10,13-15H,11-12H2,1-4H3,(H,24,27)(H,25,28). The average Bonchev–Trinajstić information content (AvgIpc) is 2.75. The minimum absolute atomic E-state index is 0.0156. The van der Waals surface area contributed by atoms with Gasteiger partial charge in [0.15, 0.2) is 11.5 Å². The van der Waals surface area contributed by atoms with E-state index in [9.17, 15) is 14.4 Å². The van der Waals surface area contributed by atoms with Crippen molar-refractivity contribution >= 4 is 16.7 Å². The molecule has 164 valence electrons. The summed E-state index contributed by atoms with van der Waals surface area (Å²) >= 11 is 0. The Bertz CT molecular complexity index is 1200. The lowest BCUT2D eigenvalue weighted by Gasteiger charge is -2.18. The zero-order valence-electron chi connectivity index (χ0n) is 18.1. The molecule has 0 saturated carbocycles. The van der Waals surface area contributed by atoms with Crippen molar-refractivity contribution in [3.8, 4) is 11.5 Å². The van der Waals surface area contributed by atoms with E-state index in [1.165, 1.54) is 4.68 Å². The molecule has 2 aromatic carbocycles. The van der Waals surface area contributed by atoms with E-state index >= 15 is 0 Å². The van der Waals surface area contributed by atoms with Crippen LogP contribution in [0.5, 0.6) is 11.5 Å². The molecule has 0 aliphatic carbocycles. The summed E-state index contributed by atoms with van der Waals surface area (Å²) in [7, 11) is 1.57. The van der Waals surface area contributed by atoms with Crippen LogP contribution < -0.4 is 25.9 Å². The highest BCUT2D eigenvalue weighted by atomic mass is 16.5. The van der Waals surface area contributed by atoms with Crippen LogP contribution in [0.3, 0.4) is 0 Å². The molecule has 0 fully saturated rings. The number of ether oxygens (including phenoxy) is 2. The maximum Gasteiger partial charge on any atom is 0.273 e. The third-order valence-corrected chi connectivity index (χ3v) is 4.87. The van der Waals surface area contributed by atoms with Crippen molar-refractivity contribution in [1.82, 2.24) is 15.1 Å². The number of methoxy groups -OCH3 is 1. The van der Waals surface area contributed by atoms with E-state index in [0.717, 1.165) is 5.56 Å². The number of aromatic amines is 1. The van der Waals surface area contributed by atoms with E-state index in [1.807, 2.05) is 39.0 Å². The zero-order chi connectivity index (χ0) is 22.5. The SMILES string of the molecule is COc1cc(C(C)NC(=O)CCn2[nH]c(=O)c3ccccc3c2=O)ccc1OC(C)C. The summed E-state index contributed by atoms with van der Waals surface area (Å²) in [5, 5.41) is 6.10. The second-order valence-electron chi connectivity index (χ2n) is 7.56. The molecule has 1 heterocycles. The topological polar surface area (TPSA) is 102 Å². The van der Waals surface area contributed by atoms with E-state index in [1.54, 1.807) is 31.4 Å². The number of rotatable bonds is 8.